The molecule has 2 N–H and O–H groups in total. The van der Waals surface area contributed by atoms with Gasteiger partial charge in [-0.3, -0.25) is 4.79 Å². The van der Waals surface area contributed by atoms with E-state index in [-0.39, 0.29) is 11.3 Å². The number of phenols is 1. The second-order valence-electron chi connectivity index (χ2n) is 8.80. The number of aromatic nitrogens is 1. The van der Waals surface area contributed by atoms with Crippen molar-refractivity contribution in [1.29, 1.82) is 0 Å². The van der Waals surface area contributed by atoms with Gasteiger partial charge in [0.05, 0.1) is 11.1 Å². The number of rotatable bonds is 10. The summed E-state index contributed by atoms with van der Waals surface area (Å²) in [5.41, 5.74) is 4.93. The van der Waals surface area contributed by atoms with Gasteiger partial charge in [-0.25, -0.2) is 0 Å². The molecule has 3 heteroatoms. The number of fused-ring (bicyclic) bond motifs is 1. The molecular formula is C30H33NO2. The van der Waals surface area contributed by atoms with Crippen LogP contribution < -0.4 is 5.56 Å². The van der Waals surface area contributed by atoms with E-state index >= 15 is 0 Å². The van der Waals surface area contributed by atoms with Crippen LogP contribution in [0.5, 0.6) is 5.75 Å². The van der Waals surface area contributed by atoms with E-state index in [2.05, 4.69) is 11.9 Å². The molecule has 0 spiro atoms. The number of H-pyrrole nitrogens is 1. The number of hydrogen-bond acceptors (Lipinski definition) is 2. The number of aromatic hydroxyl groups is 1. The summed E-state index contributed by atoms with van der Waals surface area (Å²) in [6, 6.07) is 23.6. The molecule has 0 aliphatic rings. The van der Waals surface area contributed by atoms with Crippen molar-refractivity contribution in [3.8, 4) is 28.0 Å². The molecule has 4 aromatic rings. The van der Waals surface area contributed by atoms with Crippen molar-refractivity contribution < 1.29 is 5.11 Å². The van der Waals surface area contributed by atoms with E-state index in [1.165, 1.54) is 44.1 Å². The van der Waals surface area contributed by atoms with Gasteiger partial charge in [0.1, 0.15) is 5.75 Å². The van der Waals surface area contributed by atoms with Crippen LogP contribution in [0.15, 0.2) is 77.6 Å². The van der Waals surface area contributed by atoms with Gasteiger partial charge in [-0.1, -0.05) is 112 Å². The van der Waals surface area contributed by atoms with Crippen molar-refractivity contribution in [3.63, 3.8) is 0 Å². The molecule has 0 saturated carbocycles. The Morgan fingerprint density at radius 1 is 0.697 bits per heavy atom. The van der Waals surface area contributed by atoms with Crippen LogP contribution in [0.2, 0.25) is 0 Å². The lowest BCUT2D eigenvalue weighted by Crippen LogP contribution is -2.12. The molecule has 0 aliphatic carbocycles. The standard InChI is InChI=1S/C30H33NO2/c1-2-3-4-5-6-7-10-19-24-20-21-25(32)29-27(24)26(22-15-11-8-12-16-22)28(30(33)31-29)23-17-13-9-14-18-23/h8-9,11-18,20-21,32H,2-7,10,19H2,1H3,(H,31,33). The average Bonchev–Trinajstić information content (AvgIpc) is 2.85. The van der Waals surface area contributed by atoms with Gasteiger partial charge in [-0.05, 0) is 35.6 Å². The maximum absolute atomic E-state index is 13.3. The minimum Gasteiger partial charge on any atom is -0.506 e. The molecule has 0 fully saturated rings. The summed E-state index contributed by atoms with van der Waals surface area (Å²) in [7, 11) is 0. The van der Waals surface area contributed by atoms with Crippen LogP contribution in [0, 0.1) is 0 Å². The lowest BCUT2D eigenvalue weighted by atomic mass is 9.88. The monoisotopic (exact) mass is 439 g/mol. The quantitative estimate of drug-likeness (QED) is 0.247. The zero-order chi connectivity index (χ0) is 23.0. The summed E-state index contributed by atoms with van der Waals surface area (Å²) in [5, 5.41) is 11.6. The first-order chi connectivity index (χ1) is 16.2. The predicted molar refractivity (Wildman–Crippen MR) is 139 cm³/mol. The van der Waals surface area contributed by atoms with Crippen LogP contribution in [0.3, 0.4) is 0 Å². The van der Waals surface area contributed by atoms with Gasteiger partial charge in [0, 0.05) is 10.9 Å². The largest absolute Gasteiger partial charge is 0.506 e. The number of benzene rings is 3. The Morgan fingerprint density at radius 3 is 1.91 bits per heavy atom. The normalized spacial score (nSPS) is 11.2. The molecule has 1 aromatic heterocycles. The summed E-state index contributed by atoms with van der Waals surface area (Å²) in [4.78, 5) is 16.3. The Balaban J connectivity index is 1.82. The van der Waals surface area contributed by atoms with Gasteiger partial charge in [-0.15, -0.1) is 0 Å². The number of aryl methyl sites for hydroxylation is 1. The first kappa shape index (κ1) is 22.8. The molecule has 0 amide bonds. The number of phenolic OH excluding ortho intramolecular Hbond substituents is 1. The fourth-order valence-electron chi connectivity index (χ4n) is 4.72. The summed E-state index contributed by atoms with van der Waals surface area (Å²) >= 11 is 0. The summed E-state index contributed by atoms with van der Waals surface area (Å²) < 4.78 is 0. The van der Waals surface area contributed by atoms with E-state index < -0.39 is 0 Å². The van der Waals surface area contributed by atoms with E-state index in [0.29, 0.717) is 11.1 Å². The maximum atomic E-state index is 13.3. The molecule has 4 rings (SSSR count). The third-order valence-electron chi connectivity index (χ3n) is 6.41. The molecule has 3 aromatic carbocycles. The van der Waals surface area contributed by atoms with Crippen LogP contribution in [-0.4, -0.2) is 10.1 Å². The average molecular weight is 440 g/mol. The first-order valence-corrected chi connectivity index (χ1v) is 12.2. The molecule has 0 saturated heterocycles. The predicted octanol–water partition coefficient (Wildman–Crippen LogP) is 7.86. The Hall–Kier alpha value is -3.33. The smallest absolute Gasteiger partial charge is 0.257 e. The number of hydrogen-bond donors (Lipinski definition) is 2. The van der Waals surface area contributed by atoms with Crippen molar-refractivity contribution in [2.24, 2.45) is 0 Å². The zero-order valence-corrected chi connectivity index (χ0v) is 19.4. The summed E-state index contributed by atoms with van der Waals surface area (Å²) in [6.45, 7) is 2.24. The SMILES string of the molecule is CCCCCCCCCc1ccc(O)c2[nH]c(=O)c(-c3ccccc3)c(-c3ccccc3)c12. The van der Waals surface area contributed by atoms with Crippen molar-refractivity contribution in [2.75, 3.05) is 0 Å². The van der Waals surface area contributed by atoms with Gasteiger partial charge in [0.25, 0.3) is 5.56 Å². The van der Waals surface area contributed by atoms with Gasteiger partial charge >= 0.3 is 0 Å². The van der Waals surface area contributed by atoms with Gasteiger partial charge in [-0.2, -0.15) is 0 Å². The van der Waals surface area contributed by atoms with E-state index in [1.807, 2.05) is 66.7 Å². The van der Waals surface area contributed by atoms with E-state index in [1.54, 1.807) is 6.07 Å². The third-order valence-corrected chi connectivity index (χ3v) is 6.41. The molecule has 0 radical (unpaired) electrons. The van der Waals surface area contributed by atoms with Crippen molar-refractivity contribution in [1.82, 2.24) is 4.98 Å². The Labute approximate surface area is 196 Å². The van der Waals surface area contributed by atoms with Crippen LogP contribution in [0.25, 0.3) is 33.2 Å². The van der Waals surface area contributed by atoms with Crippen LogP contribution >= 0.6 is 0 Å². The topological polar surface area (TPSA) is 53.1 Å². The molecule has 33 heavy (non-hydrogen) atoms. The van der Waals surface area contributed by atoms with Gasteiger partial charge in [0.2, 0.25) is 0 Å². The van der Waals surface area contributed by atoms with Crippen LogP contribution in [0.1, 0.15) is 57.4 Å². The molecule has 0 unspecified atom stereocenters. The molecular weight excluding hydrogens is 406 g/mol. The van der Waals surface area contributed by atoms with E-state index in [4.69, 9.17) is 0 Å². The maximum Gasteiger partial charge on any atom is 0.257 e. The Bertz CT molecular complexity index is 1240. The molecule has 0 aliphatic heterocycles. The fraction of sp³-hybridized carbons (Fsp3) is 0.300. The highest BCUT2D eigenvalue weighted by Crippen LogP contribution is 2.39. The molecule has 0 atom stereocenters. The summed E-state index contributed by atoms with van der Waals surface area (Å²) in [5.74, 6) is 0.113. The lowest BCUT2D eigenvalue weighted by molar-refractivity contribution is 0.480. The number of aromatic amines is 1. The van der Waals surface area contributed by atoms with Gasteiger partial charge < -0.3 is 10.1 Å². The number of nitrogens with one attached hydrogen (secondary N) is 1. The third kappa shape index (κ3) is 5.19. The first-order valence-electron chi connectivity index (χ1n) is 12.2. The molecule has 3 nitrogen and oxygen atoms in total. The lowest BCUT2D eigenvalue weighted by Gasteiger charge is -2.17. The highest BCUT2D eigenvalue weighted by atomic mass is 16.3. The highest BCUT2D eigenvalue weighted by molar-refractivity contribution is 6.05. The molecule has 0 bridgehead atoms. The number of unbranched alkanes of at least 4 members (excludes halogenated alkanes) is 6. The van der Waals surface area contributed by atoms with Crippen molar-refractivity contribution in [2.45, 2.75) is 58.3 Å². The van der Waals surface area contributed by atoms with Crippen LogP contribution in [0.4, 0.5) is 0 Å². The zero-order valence-electron chi connectivity index (χ0n) is 19.4. The minimum absolute atomic E-state index is 0.113. The van der Waals surface area contributed by atoms with Crippen molar-refractivity contribution >= 4 is 10.9 Å². The van der Waals surface area contributed by atoms with Crippen LogP contribution in [-0.2, 0) is 6.42 Å². The molecule has 1 heterocycles. The van der Waals surface area contributed by atoms with Gasteiger partial charge in [0.15, 0.2) is 0 Å². The van der Waals surface area contributed by atoms with Crippen molar-refractivity contribution in [3.05, 3.63) is 88.7 Å². The van der Waals surface area contributed by atoms with E-state index in [0.717, 1.165) is 34.9 Å². The Kier molecular flexibility index (Phi) is 7.62. The fourth-order valence-corrected chi connectivity index (χ4v) is 4.72. The Morgan fingerprint density at radius 2 is 1.27 bits per heavy atom. The second-order valence-corrected chi connectivity index (χ2v) is 8.80. The highest BCUT2D eigenvalue weighted by Gasteiger charge is 2.20. The molecule has 170 valence electrons. The minimum atomic E-state index is -0.184. The second kappa shape index (κ2) is 11.0. The summed E-state index contributed by atoms with van der Waals surface area (Å²) in [6.07, 6.45) is 9.67. The number of pyridine rings is 1. The van der Waals surface area contributed by atoms with E-state index in [9.17, 15) is 9.90 Å².